The van der Waals surface area contributed by atoms with Crippen LogP contribution in [-0.2, 0) is 17.6 Å². The predicted molar refractivity (Wildman–Crippen MR) is 104 cm³/mol. The monoisotopic (exact) mass is 365 g/mol. The smallest absolute Gasteiger partial charge is 0.271 e. The van der Waals surface area contributed by atoms with Gasteiger partial charge < -0.3 is 11.1 Å². The number of rotatable bonds is 6. The summed E-state index contributed by atoms with van der Waals surface area (Å²) in [6.45, 7) is 5.85. The Kier molecular flexibility index (Phi) is 5.21. The van der Waals surface area contributed by atoms with Crippen LogP contribution in [0.25, 0.3) is 5.65 Å². The van der Waals surface area contributed by atoms with Gasteiger partial charge in [0.1, 0.15) is 6.33 Å². The zero-order valence-electron chi connectivity index (χ0n) is 15.7. The van der Waals surface area contributed by atoms with Crippen LogP contribution in [0.2, 0.25) is 0 Å². The molecule has 7 nitrogen and oxygen atoms in total. The molecule has 0 spiro atoms. The Morgan fingerprint density at radius 3 is 2.67 bits per heavy atom. The average molecular weight is 365 g/mol. The number of anilines is 1. The van der Waals surface area contributed by atoms with Crippen molar-refractivity contribution in [1.29, 1.82) is 0 Å². The van der Waals surface area contributed by atoms with Crippen molar-refractivity contribution in [2.24, 2.45) is 5.73 Å². The topological polar surface area (TPSA) is 102 Å². The first kappa shape index (κ1) is 18.6. The van der Waals surface area contributed by atoms with E-state index < -0.39 is 5.91 Å². The zero-order valence-corrected chi connectivity index (χ0v) is 15.7. The molecular weight excluding hydrogens is 342 g/mol. The second-order valence-electron chi connectivity index (χ2n) is 6.47. The molecule has 0 saturated heterocycles. The lowest BCUT2D eigenvalue weighted by atomic mass is 10.1. The Morgan fingerprint density at radius 1 is 1.22 bits per heavy atom. The molecule has 2 heterocycles. The van der Waals surface area contributed by atoms with E-state index in [0.29, 0.717) is 18.5 Å². The summed E-state index contributed by atoms with van der Waals surface area (Å²) in [6, 6.07) is 7.80. The fraction of sp³-hybridized carbons (Fsp3) is 0.300. The molecule has 1 aromatic carbocycles. The number of aryl methyl sites for hydroxylation is 3. The normalized spacial score (nSPS) is 10.9. The van der Waals surface area contributed by atoms with Crippen LogP contribution in [0.15, 0.2) is 30.6 Å². The highest BCUT2D eigenvalue weighted by Crippen LogP contribution is 2.20. The highest BCUT2D eigenvalue weighted by molar-refractivity contribution is 5.96. The van der Waals surface area contributed by atoms with E-state index in [-0.39, 0.29) is 11.6 Å². The van der Waals surface area contributed by atoms with E-state index in [4.69, 9.17) is 5.73 Å². The molecule has 0 bridgehead atoms. The van der Waals surface area contributed by atoms with Crippen LogP contribution < -0.4 is 11.1 Å². The van der Waals surface area contributed by atoms with Crippen LogP contribution in [-0.4, -0.2) is 26.2 Å². The zero-order chi connectivity index (χ0) is 19.6. The van der Waals surface area contributed by atoms with Gasteiger partial charge in [-0.25, -0.2) is 9.97 Å². The predicted octanol–water partition coefficient (Wildman–Crippen LogP) is 2.58. The number of carbonyl (C=O) groups is 2. The van der Waals surface area contributed by atoms with Crippen LogP contribution >= 0.6 is 0 Å². The largest absolute Gasteiger partial charge is 0.364 e. The van der Waals surface area contributed by atoms with Crippen molar-refractivity contribution in [3.8, 4) is 0 Å². The third-order valence-electron chi connectivity index (χ3n) is 4.76. The van der Waals surface area contributed by atoms with Gasteiger partial charge >= 0.3 is 0 Å². The van der Waals surface area contributed by atoms with E-state index in [1.54, 1.807) is 4.40 Å². The Morgan fingerprint density at radius 2 is 1.96 bits per heavy atom. The number of carbonyl (C=O) groups excluding carboxylic acids is 2. The number of primary amides is 1. The molecule has 0 radical (unpaired) electrons. The molecule has 3 N–H and O–H groups in total. The first-order chi connectivity index (χ1) is 12.9. The molecule has 0 aliphatic carbocycles. The summed E-state index contributed by atoms with van der Waals surface area (Å²) >= 11 is 0. The lowest BCUT2D eigenvalue weighted by molar-refractivity contribution is -0.116. The van der Waals surface area contributed by atoms with Crippen molar-refractivity contribution < 1.29 is 9.59 Å². The lowest BCUT2D eigenvalue weighted by Gasteiger charge is -2.13. The van der Waals surface area contributed by atoms with Crippen molar-refractivity contribution in [2.75, 3.05) is 5.32 Å². The van der Waals surface area contributed by atoms with E-state index >= 15 is 0 Å². The van der Waals surface area contributed by atoms with Gasteiger partial charge in [-0.15, -0.1) is 0 Å². The first-order valence-corrected chi connectivity index (χ1v) is 8.93. The van der Waals surface area contributed by atoms with Gasteiger partial charge in [0.25, 0.3) is 5.91 Å². The summed E-state index contributed by atoms with van der Waals surface area (Å²) in [5.41, 5.74) is 10.6. The van der Waals surface area contributed by atoms with Gasteiger partial charge in [0.15, 0.2) is 11.3 Å². The standard InChI is InChI=1S/C20H23N5O2/c1-4-14-7-5-6-8-16(14)24-17(26)10-9-15-12(2)23-20-18(19(21)27)22-11-25(20)13(15)3/h5-8,11H,4,9-10H2,1-3H3,(H2,21,27)(H,24,26). The van der Waals surface area contributed by atoms with Crippen molar-refractivity contribution in [3.63, 3.8) is 0 Å². The number of nitrogens with two attached hydrogens (primary N) is 1. The molecule has 0 aliphatic heterocycles. The molecule has 2 aromatic heterocycles. The van der Waals surface area contributed by atoms with Gasteiger partial charge in [0, 0.05) is 23.5 Å². The van der Waals surface area contributed by atoms with Gasteiger partial charge in [-0.05, 0) is 43.9 Å². The van der Waals surface area contributed by atoms with Crippen LogP contribution in [0.1, 0.15) is 46.3 Å². The number of para-hydroxylation sites is 1. The summed E-state index contributed by atoms with van der Waals surface area (Å²) in [5, 5.41) is 2.99. The molecule has 0 fully saturated rings. The molecule has 0 atom stereocenters. The Hall–Kier alpha value is -3.22. The molecule has 140 valence electrons. The van der Waals surface area contributed by atoms with E-state index in [9.17, 15) is 9.59 Å². The number of imidazole rings is 1. The molecule has 27 heavy (non-hydrogen) atoms. The summed E-state index contributed by atoms with van der Waals surface area (Å²) in [6.07, 6.45) is 3.28. The Balaban J connectivity index is 1.79. The number of fused-ring (bicyclic) bond motifs is 1. The second kappa shape index (κ2) is 7.57. The van der Waals surface area contributed by atoms with Gasteiger partial charge in [0.05, 0.1) is 0 Å². The average Bonchev–Trinajstić information content (AvgIpc) is 3.06. The molecule has 3 rings (SSSR count). The molecular formula is C20H23N5O2. The number of hydrogen-bond donors (Lipinski definition) is 2. The fourth-order valence-electron chi connectivity index (χ4n) is 3.27. The van der Waals surface area contributed by atoms with Gasteiger partial charge in [-0.1, -0.05) is 25.1 Å². The minimum absolute atomic E-state index is 0.0433. The Labute approximate surface area is 157 Å². The number of nitrogens with zero attached hydrogens (tertiary/aromatic N) is 3. The maximum atomic E-state index is 12.4. The summed E-state index contributed by atoms with van der Waals surface area (Å²) in [7, 11) is 0. The van der Waals surface area contributed by atoms with Gasteiger partial charge in [-0.3, -0.25) is 14.0 Å². The molecule has 3 aromatic rings. The van der Waals surface area contributed by atoms with Crippen molar-refractivity contribution in [3.05, 3.63) is 58.8 Å². The molecule has 0 unspecified atom stereocenters. The third-order valence-corrected chi connectivity index (χ3v) is 4.76. The number of benzene rings is 1. The SMILES string of the molecule is CCc1ccccc1NC(=O)CCc1c(C)nc2c(C(N)=O)ncn2c1C. The summed E-state index contributed by atoms with van der Waals surface area (Å²) < 4.78 is 1.74. The quantitative estimate of drug-likeness (QED) is 0.701. The minimum Gasteiger partial charge on any atom is -0.364 e. The number of amides is 2. The highest BCUT2D eigenvalue weighted by atomic mass is 16.2. The first-order valence-electron chi connectivity index (χ1n) is 8.93. The van der Waals surface area contributed by atoms with Gasteiger partial charge in [0.2, 0.25) is 5.91 Å². The third kappa shape index (κ3) is 3.67. The Bertz CT molecular complexity index is 1020. The molecule has 0 aliphatic rings. The second-order valence-corrected chi connectivity index (χ2v) is 6.47. The molecule has 0 saturated carbocycles. The van der Waals surface area contributed by atoms with E-state index in [0.717, 1.165) is 34.6 Å². The van der Waals surface area contributed by atoms with Gasteiger partial charge in [-0.2, -0.15) is 0 Å². The fourth-order valence-corrected chi connectivity index (χ4v) is 3.27. The lowest BCUT2D eigenvalue weighted by Crippen LogP contribution is -2.16. The summed E-state index contributed by atoms with van der Waals surface area (Å²) in [5.74, 6) is -0.649. The van der Waals surface area contributed by atoms with Crippen LogP contribution in [0.3, 0.4) is 0 Å². The van der Waals surface area contributed by atoms with Crippen molar-refractivity contribution in [1.82, 2.24) is 14.4 Å². The van der Waals surface area contributed by atoms with E-state index in [2.05, 4.69) is 22.2 Å². The van der Waals surface area contributed by atoms with E-state index in [1.165, 1.54) is 6.33 Å². The minimum atomic E-state index is -0.606. The molecule has 7 heteroatoms. The molecule has 2 amide bonds. The summed E-state index contributed by atoms with van der Waals surface area (Å²) in [4.78, 5) is 32.4. The van der Waals surface area contributed by atoms with Crippen LogP contribution in [0.4, 0.5) is 5.69 Å². The van der Waals surface area contributed by atoms with E-state index in [1.807, 2.05) is 38.1 Å². The maximum absolute atomic E-state index is 12.4. The van der Waals surface area contributed by atoms with Crippen LogP contribution in [0.5, 0.6) is 0 Å². The highest BCUT2D eigenvalue weighted by Gasteiger charge is 2.17. The van der Waals surface area contributed by atoms with Crippen molar-refractivity contribution in [2.45, 2.75) is 40.0 Å². The number of nitrogens with one attached hydrogen (secondary N) is 1. The maximum Gasteiger partial charge on any atom is 0.271 e. The van der Waals surface area contributed by atoms with Crippen LogP contribution in [0, 0.1) is 13.8 Å². The van der Waals surface area contributed by atoms with Crippen molar-refractivity contribution >= 4 is 23.1 Å². The number of aromatic nitrogens is 3. The number of hydrogen-bond acceptors (Lipinski definition) is 4.